The smallest absolute Gasteiger partial charge is 0.243 e. The Bertz CT molecular complexity index is 1180. The minimum absolute atomic E-state index is 0. The van der Waals surface area contributed by atoms with Gasteiger partial charge in [0, 0.05) is 50.2 Å². The van der Waals surface area contributed by atoms with Crippen LogP contribution in [-0.4, -0.2) is 68.4 Å². The third-order valence-corrected chi connectivity index (χ3v) is 8.40. The van der Waals surface area contributed by atoms with Crippen molar-refractivity contribution in [3.8, 4) is 11.3 Å². The molecule has 0 aliphatic carbocycles. The summed E-state index contributed by atoms with van der Waals surface area (Å²) in [5, 5.41) is 2.30. The van der Waals surface area contributed by atoms with Crippen molar-refractivity contribution in [1.82, 2.24) is 14.2 Å². The largest absolute Gasteiger partial charge is 0.354 e. The van der Waals surface area contributed by atoms with E-state index >= 15 is 0 Å². The number of pyridine rings is 1. The summed E-state index contributed by atoms with van der Waals surface area (Å²) in [5.74, 6) is 1.01. The Hall–Kier alpha value is -1.90. The molecule has 1 aliphatic rings. The second kappa shape index (κ2) is 12.2. The molecular weight excluding hydrogens is 491 g/mol. The number of piperazine rings is 1. The molecular formula is C25H34Cl2N4O2S. The van der Waals surface area contributed by atoms with Crippen molar-refractivity contribution < 1.29 is 8.42 Å². The summed E-state index contributed by atoms with van der Waals surface area (Å²) in [7, 11) is -3.47. The molecule has 34 heavy (non-hydrogen) atoms. The summed E-state index contributed by atoms with van der Waals surface area (Å²) in [4.78, 5) is 10.2. The standard InChI is InChI=1S/C25H32N4O2S.2ClH/c1-4-27-15-17-28(18-16-27)25-23-10-8-7-9-21(23)19-24(26-25)20-11-13-22(14-12-20)32(30,31)29(5-2)6-3;;/h7-14,19H,4-6,15-18H2,1-3H3;2*1H. The number of nitrogens with zero attached hydrogens (tertiary/aromatic N) is 4. The molecule has 0 spiro atoms. The third-order valence-electron chi connectivity index (χ3n) is 6.33. The van der Waals surface area contributed by atoms with Crippen LogP contribution in [0.25, 0.3) is 22.0 Å². The molecule has 6 nitrogen and oxygen atoms in total. The van der Waals surface area contributed by atoms with Gasteiger partial charge in [-0.15, -0.1) is 24.8 Å². The summed E-state index contributed by atoms with van der Waals surface area (Å²) in [6.45, 7) is 11.9. The van der Waals surface area contributed by atoms with Crippen LogP contribution in [-0.2, 0) is 10.0 Å². The van der Waals surface area contributed by atoms with E-state index in [1.165, 1.54) is 4.31 Å². The molecule has 2 heterocycles. The molecule has 1 saturated heterocycles. The SMILES string of the molecule is CCN1CCN(c2nc(-c3ccc(S(=O)(=O)N(CC)CC)cc3)cc3ccccc23)CC1.Cl.Cl. The lowest BCUT2D eigenvalue weighted by atomic mass is 10.1. The molecule has 0 saturated carbocycles. The predicted octanol–water partition coefficient (Wildman–Crippen LogP) is 4.92. The van der Waals surface area contributed by atoms with Crippen LogP contribution in [0, 0.1) is 0 Å². The Balaban J connectivity index is 0.00000204. The average molecular weight is 526 g/mol. The minimum Gasteiger partial charge on any atom is -0.354 e. The first-order valence-corrected chi connectivity index (χ1v) is 12.9. The molecule has 2 aromatic carbocycles. The lowest BCUT2D eigenvalue weighted by Crippen LogP contribution is -2.46. The lowest BCUT2D eigenvalue weighted by Gasteiger charge is -2.35. The molecule has 186 valence electrons. The van der Waals surface area contributed by atoms with Gasteiger partial charge in [0.25, 0.3) is 0 Å². The van der Waals surface area contributed by atoms with Crippen LogP contribution in [0.3, 0.4) is 0 Å². The highest BCUT2D eigenvalue weighted by Crippen LogP contribution is 2.31. The fourth-order valence-corrected chi connectivity index (χ4v) is 5.81. The number of hydrogen-bond donors (Lipinski definition) is 0. The van der Waals surface area contributed by atoms with E-state index < -0.39 is 10.0 Å². The van der Waals surface area contributed by atoms with E-state index in [0.717, 1.165) is 60.6 Å². The quantitative estimate of drug-likeness (QED) is 0.439. The lowest BCUT2D eigenvalue weighted by molar-refractivity contribution is 0.271. The minimum atomic E-state index is -3.47. The molecule has 0 bridgehead atoms. The molecule has 0 radical (unpaired) electrons. The van der Waals surface area contributed by atoms with Gasteiger partial charge in [-0.1, -0.05) is 57.2 Å². The van der Waals surface area contributed by atoms with Crippen LogP contribution in [0.1, 0.15) is 20.8 Å². The van der Waals surface area contributed by atoms with Gasteiger partial charge in [0.2, 0.25) is 10.0 Å². The Kier molecular flexibility index (Phi) is 10.2. The van der Waals surface area contributed by atoms with Crippen LogP contribution < -0.4 is 4.90 Å². The zero-order chi connectivity index (χ0) is 22.7. The van der Waals surface area contributed by atoms with Gasteiger partial charge in [-0.05, 0) is 30.1 Å². The van der Waals surface area contributed by atoms with E-state index in [1.54, 1.807) is 12.1 Å². The van der Waals surface area contributed by atoms with Crippen LogP contribution in [0.15, 0.2) is 59.5 Å². The normalized spacial score (nSPS) is 14.6. The fourth-order valence-electron chi connectivity index (χ4n) is 4.36. The topological polar surface area (TPSA) is 56.8 Å². The van der Waals surface area contributed by atoms with Crippen molar-refractivity contribution in [2.24, 2.45) is 0 Å². The molecule has 3 aromatic rings. The first-order valence-electron chi connectivity index (χ1n) is 11.5. The van der Waals surface area contributed by atoms with Crippen molar-refractivity contribution in [3.05, 3.63) is 54.6 Å². The fraction of sp³-hybridized carbons (Fsp3) is 0.400. The number of benzene rings is 2. The van der Waals surface area contributed by atoms with Crippen LogP contribution in [0.4, 0.5) is 5.82 Å². The van der Waals surface area contributed by atoms with E-state index in [0.29, 0.717) is 18.0 Å². The Labute approximate surface area is 215 Å². The number of halogens is 2. The number of anilines is 1. The number of hydrogen-bond acceptors (Lipinski definition) is 5. The van der Waals surface area contributed by atoms with E-state index in [1.807, 2.05) is 32.0 Å². The summed E-state index contributed by atoms with van der Waals surface area (Å²) in [5.41, 5.74) is 1.78. The zero-order valence-electron chi connectivity index (χ0n) is 20.0. The van der Waals surface area contributed by atoms with Crippen molar-refractivity contribution in [2.45, 2.75) is 25.7 Å². The molecule has 0 N–H and O–H groups in total. The Morgan fingerprint density at radius 3 is 2.09 bits per heavy atom. The van der Waals surface area contributed by atoms with Gasteiger partial charge >= 0.3 is 0 Å². The summed E-state index contributed by atoms with van der Waals surface area (Å²) >= 11 is 0. The van der Waals surface area contributed by atoms with E-state index in [9.17, 15) is 8.42 Å². The highest BCUT2D eigenvalue weighted by atomic mass is 35.5. The molecule has 1 fully saturated rings. The number of fused-ring (bicyclic) bond motifs is 1. The van der Waals surface area contributed by atoms with Gasteiger partial charge in [-0.2, -0.15) is 4.31 Å². The van der Waals surface area contributed by atoms with Crippen LogP contribution >= 0.6 is 24.8 Å². The zero-order valence-corrected chi connectivity index (χ0v) is 22.4. The molecule has 0 amide bonds. The van der Waals surface area contributed by atoms with E-state index in [4.69, 9.17) is 4.98 Å². The van der Waals surface area contributed by atoms with E-state index in [2.05, 4.69) is 41.0 Å². The predicted molar refractivity (Wildman–Crippen MR) is 146 cm³/mol. The molecule has 1 aromatic heterocycles. The molecule has 1 aliphatic heterocycles. The number of sulfonamides is 1. The Morgan fingerprint density at radius 2 is 1.50 bits per heavy atom. The third kappa shape index (κ3) is 5.66. The monoisotopic (exact) mass is 524 g/mol. The van der Waals surface area contributed by atoms with E-state index in [-0.39, 0.29) is 24.8 Å². The molecule has 9 heteroatoms. The maximum Gasteiger partial charge on any atom is 0.243 e. The van der Waals surface area contributed by atoms with Crippen molar-refractivity contribution in [3.63, 3.8) is 0 Å². The van der Waals surface area contributed by atoms with Gasteiger partial charge in [0.05, 0.1) is 10.6 Å². The number of rotatable bonds is 7. The molecule has 0 unspecified atom stereocenters. The highest BCUT2D eigenvalue weighted by Gasteiger charge is 2.22. The first-order chi connectivity index (χ1) is 15.5. The second-order valence-corrected chi connectivity index (χ2v) is 10.0. The van der Waals surface area contributed by atoms with Crippen molar-refractivity contribution >= 4 is 51.4 Å². The van der Waals surface area contributed by atoms with Crippen molar-refractivity contribution in [2.75, 3.05) is 50.7 Å². The van der Waals surface area contributed by atoms with Gasteiger partial charge in [-0.25, -0.2) is 13.4 Å². The summed E-state index contributed by atoms with van der Waals surface area (Å²) in [6.07, 6.45) is 0. The van der Waals surface area contributed by atoms with Gasteiger partial charge < -0.3 is 9.80 Å². The van der Waals surface area contributed by atoms with Crippen LogP contribution in [0.5, 0.6) is 0 Å². The van der Waals surface area contributed by atoms with Gasteiger partial charge in [-0.3, -0.25) is 0 Å². The Morgan fingerprint density at radius 1 is 0.882 bits per heavy atom. The second-order valence-electron chi connectivity index (χ2n) is 8.09. The highest BCUT2D eigenvalue weighted by molar-refractivity contribution is 7.89. The number of likely N-dealkylation sites (N-methyl/N-ethyl adjacent to an activating group) is 1. The molecule has 0 atom stereocenters. The maximum absolute atomic E-state index is 12.8. The molecule has 4 rings (SSSR count). The van der Waals surface area contributed by atoms with Gasteiger partial charge in [0.1, 0.15) is 5.82 Å². The van der Waals surface area contributed by atoms with Crippen LogP contribution in [0.2, 0.25) is 0 Å². The summed E-state index contributed by atoms with van der Waals surface area (Å²) < 4.78 is 27.1. The average Bonchev–Trinajstić information content (AvgIpc) is 2.84. The van der Waals surface area contributed by atoms with Gasteiger partial charge in [0.15, 0.2) is 0 Å². The summed E-state index contributed by atoms with van der Waals surface area (Å²) in [6, 6.07) is 17.6. The maximum atomic E-state index is 12.8. The first kappa shape index (κ1) is 28.3. The number of aromatic nitrogens is 1. The van der Waals surface area contributed by atoms with Crippen molar-refractivity contribution in [1.29, 1.82) is 0 Å².